The van der Waals surface area contributed by atoms with Crippen LogP contribution in [0.1, 0.15) is 0 Å². The van der Waals surface area contributed by atoms with E-state index in [0.717, 1.165) is 11.1 Å². The van der Waals surface area contributed by atoms with Crippen LogP contribution < -0.4 is 0 Å². The maximum Gasteiger partial charge on any atom is 0.229 e. The zero-order valence-electron chi connectivity index (χ0n) is 7.29. The van der Waals surface area contributed by atoms with Crippen LogP contribution >= 0.6 is 0 Å². The third-order valence-corrected chi connectivity index (χ3v) is 2.09. The summed E-state index contributed by atoms with van der Waals surface area (Å²) in [6.07, 6.45) is 6.83. The first-order chi connectivity index (χ1) is 6.95. The number of aromatic nitrogens is 3. The van der Waals surface area contributed by atoms with Gasteiger partial charge in [0.2, 0.25) is 5.89 Å². The fourth-order valence-corrected chi connectivity index (χ4v) is 1.46. The molecule has 0 aliphatic heterocycles. The Bertz CT molecular complexity index is 554. The molecule has 0 spiro atoms. The van der Waals surface area contributed by atoms with E-state index in [-0.39, 0.29) is 0 Å². The highest BCUT2D eigenvalue weighted by molar-refractivity contribution is 5.74. The minimum Gasteiger partial charge on any atom is -0.444 e. The Kier molecular flexibility index (Phi) is 1.41. The van der Waals surface area contributed by atoms with E-state index in [9.17, 15) is 0 Å². The molecule has 3 aromatic heterocycles. The van der Waals surface area contributed by atoms with E-state index in [1.54, 1.807) is 23.2 Å². The van der Waals surface area contributed by atoms with Crippen LogP contribution in [0, 0.1) is 0 Å². The molecule has 0 aliphatic rings. The molecule has 0 fully saturated rings. The maximum absolute atomic E-state index is 5.22. The number of pyridine rings is 1. The molecule has 0 aliphatic carbocycles. The summed E-state index contributed by atoms with van der Waals surface area (Å²) in [5, 5.41) is 4.19. The molecule has 14 heavy (non-hydrogen) atoms. The van der Waals surface area contributed by atoms with E-state index in [0.29, 0.717) is 5.89 Å². The molecule has 68 valence electrons. The highest BCUT2D eigenvalue weighted by atomic mass is 16.3. The van der Waals surface area contributed by atoms with Gasteiger partial charge in [-0.05, 0) is 12.1 Å². The van der Waals surface area contributed by atoms with Crippen LogP contribution in [0.3, 0.4) is 0 Å². The van der Waals surface area contributed by atoms with Gasteiger partial charge in [0.05, 0.1) is 23.5 Å². The van der Waals surface area contributed by atoms with Crippen LogP contribution in [0.5, 0.6) is 0 Å². The Labute approximate surface area is 79.8 Å². The summed E-state index contributed by atoms with van der Waals surface area (Å²) in [6, 6.07) is 5.87. The number of nitrogens with zero attached hydrogens (tertiary/aromatic N) is 3. The van der Waals surface area contributed by atoms with E-state index < -0.39 is 0 Å². The Morgan fingerprint density at radius 3 is 3.14 bits per heavy atom. The second kappa shape index (κ2) is 2.70. The van der Waals surface area contributed by atoms with Gasteiger partial charge in [-0.15, -0.1) is 0 Å². The first-order valence-electron chi connectivity index (χ1n) is 4.27. The van der Waals surface area contributed by atoms with Gasteiger partial charge in [-0.3, -0.25) is 0 Å². The molecular weight excluding hydrogens is 178 g/mol. The molecule has 0 radical (unpaired) electrons. The summed E-state index contributed by atoms with van der Waals surface area (Å²) < 4.78 is 7.01. The molecule has 0 saturated heterocycles. The summed E-state index contributed by atoms with van der Waals surface area (Å²) >= 11 is 0. The molecule has 0 unspecified atom stereocenters. The summed E-state index contributed by atoms with van der Waals surface area (Å²) in [6.45, 7) is 0. The molecule has 4 nitrogen and oxygen atoms in total. The van der Waals surface area contributed by atoms with Gasteiger partial charge in [-0.1, -0.05) is 6.07 Å². The molecule has 4 heteroatoms. The SMILES string of the molecule is c1ccn2ncc(-c3ncco3)c2c1. The minimum atomic E-state index is 0.603. The van der Waals surface area contributed by atoms with Crippen molar-refractivity contribution in [3.63, 3.8) is 0 Å². The van der Waals surface area contributed by atoms with Gasteiger partial charge in [-0.25, -0.2) is 9.50 Å². The lowest BCUT2D eigenvalue weighted by Gasteiger charge is -1.92. The Balaban J connectivity index is 2.33. The van der Waals surface area contributed by atoms with Gasteiger partial charge in [0.25, 0.3) is 0 Å². The monoisotopic (exact) mass is 185 g/mol. The van der Waals surface area contributed by atoms with Crippen LogP contribution in [0.25, 0.3) is 17.0 Å². The van der Waals surface area contributed by atoms with Gasteiger partial charge in [0.15, 0.2) is 0 Å². The van der Waals surface area contributed by atoms with E-state index in [1.807, 2.05) is 24.4 Å². The normalized spacial score (nSPS) is 10.9. The smallest absolute Gasteiger partial charge is 0.229 e. The molecule has 0 aromatic carbocycles. The largest absolute Gasteiger partial charge is 0.444 e. The maximum atomic E-state index is 5.22. The van der Waals surface area contributed by atoms with Gasteiger partial charge in [0.1, 0.15) is 6.26 Å². The zero-order valence-corrected chi connectivity index (χ0v) is 7.29. The predicted octanol–water partition coefficient (Wildman–Crippen LogP) is 1.99. The number of hydrogen-bond donors (Lipinski definition) is 0. The number of oxazole rings is 1. The summed E-state index contributed by atoms with van der Waals surface area (Å²) in [7, 11) is 0. The van der Waals surface area contributed by atoms with Crippen LogP contribution in [-0.2, 0) is 0 Å². The molecule has 3 rings (SSSR count). The van der Waals surface area contributed by atoms with Crippen molar-refractivity contribution in [1.82, 2.24) is 14.6 Å². The van der Waals surface area contributed by atoms with E-state index in [2.05, 4.69) is 10.1 Å². The minimum absolute atomic E-state index is 0.603. The summed E-state index contributed by atoms with van der Waals surface area (Å²) in [5.74, 6) is 0.603. The van der Waals surface area contributed by atoms with Crippen LogP contribution in [0.4, 0.5) is 0 Å². The Morgan fingerprint density at radius 2 is 2.29 bits per heavy atom. The van der Waals surface area contributed by atoms with Crippen molar-refractivity contribution in [2.45, 2.75) is 0 Å². The first-order valence-corrected chi connectivity index (χ1v) is 4.27. The standard InChI is InChI=1S/C10H7N3O/c1-2-5-13-9(3-1)8(7-12-13)10-11-4-6-14-10/h1-7H. The van der Waals surface area contributed by atoms with Crippen molar-refractivity contribution in [2.75, 3.05) is 0 Å². The molecular formula is C10H7N3O. The summed E-state index contributed by atoms with van der Waals surface area (Å²) in [4.78, 5) is 4.09. The Hall–Kier alpha value is -2.10. The lowest BCUT2D eigenvalue weighted by Crippen LogP contribution is -1.83. The quantitative estimate of drug-likeness (QED) is 0.582. The molecule has 0 atom stereocenters. The fourth-order valence-electron chi connectivity index (χ4n) is 1.46. The van der Waals surface area contributed by atoms with Gasteiger partial charge < -0.3 is 4.42 Å². The molecule has 3 aromatic rings. The highest BCUT2D eigenvalue weighted by Crippen LogP contribution is 2.21. The highest BCUT2D eigenvalue weighted by Gasteiger charge is 2.08. The second-order valence-corrected chi connectivity index (χ2v) is 2.93. The Morgan fingerprint density at radius 1 is 1.29 bits per heavy atom. The van der Waals surface area contributed by atoms with Gasteiger partial charge in [-0.2, -0.15) is 5.10 Å². The lowest BCUT2D eigenvalue weighted by molar-refractivity contribution is 0.575. The van der Waals surface area contributed by atoms with Crippen LogP contribution in [-0.4, -0.2) is 14.6 Å². The number of fused-ring (bicyclic) bond motifs is 1. The molecule has 0 amide bonds. The van der Waals surface area contributed by atoms with Crippen LogP contribution in [0.2, 0.25) is 0 Å². The second-order valence-electron chi connectivity index (χ2n) is 2.93. The zero-order chi connectivity index (χ0) is 9.38. The molecule has 0 N–H and O–H groups in total. The van der Waals surface area contributed by atoms with Crippen LogP contribution in [0.15, 0.2) is 47.5 Å². The molecule has 0 saturated carbocycles. The van der Waals surface area contributed by atoms with E-state index in [1.165, 1.54) is 0 Å². The van der Waals surface area contributed by atoms with E-state index in [4.69, 9.17) is 4.42 Å². The van der Waals surface area contributed by atoms with Crippen molar-refractivity contribution < 1.29 is 4.42 Å². The average molecular weight is 185 g/mol. The molecule has 0 bridgehead atoms. The fraction of sp³-hybridized carbons (Fsp3) is 0. The predicted molar refractivity (Wildman–Crippen MR) is 50.7 cm³/mol. The summed E-state index contributed by atoms with van der Waals surface area (Å²) in [5.41, 5.74) is 1.91. The van der Waals surface area contributed by atoms with Crippen molar-refractivity contribution >= 4 is 5.52 Å². The van der Waals surface area contributed by atoms with Gasteiger partial charge in [0, 0.05) is 6.20 Å². The third kappa shape index (κ3) is 0.939. The van der Waals surface area contributed by atoms with Crippen molar-refractivity contribution in [1.29, 1.82) is 0 Å². The van der Waals surface area contributed by atoms with Gasteiger partial charge >= 0.3 is 0 Å². The number of hydrogen-bond acceptors (Lipinski definition) is 3. The molecule has 3 heterocycles. The van der Waals surface area contributed by atoms with E-state index >= 15 is 0 Å². The van der Waals surface area contributed by atoms with Crippen molar-refractivity contribution in [3.8, 4) is 11.5 Å². The first kappa shape index (κ1) is 7.32. The average Bonchev–Trinajstić information content (AvgIpc) is 2.85. The topological polar surface area (TPSA) is 43.3 Å². The van der Waals surface area contributed by atoms with Crippen molar-refractivity contribution in [3.05, 3.63) is 43.1 Å². The number of rotatable bonds is 1. The lowest BCUT2D eigenvalue weighted by atomic mass is 10.2. The van der Waals surface area contributed by atoms with Crippen molar-refractivity contribution in [2.24, 2.45) is 0 Å². The third-order valence-electron chi connectivity index (χ3n) is 2.09.